The Balaban J connectivity index is 2.43. The minimum atomic E-state index is 0.00682. The summed E-state index contributed by atoms with van der Waals surface area (Å²) < 4.78 is 1.83. The highest BCUT2D eigenvalue weighted by Gasteiger charge is 2.12. The standard InChI is InChI=1S/C13H7BrClIO/c14-9-3-6-12(16)11(7-9)13(17)8-1-4-10(15)5-2-8/h1-7H. The number of hydrogen-bond donors (Lipinski definition) is 0. The molecular formula is C13H7BrClIO. The minimum Gasteiger partial charge on any atom is -0.289 e. The van der Waals surface area contributed by atoms with E-state index in [9.17, 15) is 4.79 Å². The lowest BCUT2D eigenvalue weighted by atomic mass is 10.0. The van der Waals surface area contributed by atoms with Crippen molar-refractivity contribution in [2.24, 2.45) is 0 Å². The summed E-state index contributed by atoms with van der Waals surface area (Å²) in [6.07, 6.45) is 0. The van der Waals surface area contributed by atoms with Gasteiger partial charge in [0.25, 0.3) is 0 Å². The van der Waals surface area contributed by atoms with Crippen molar-refractivity contribution < 1.29 is 4.79 Å². The van der Waals surface area contributed by atoms with Gasteiger partial charge >= 0.3 is 0 Å². The average molecular weight is 421 g/mol. The average Bonchev–Trinajstić information content (AvgIpc) is 2.32. The summed E-state index contributed by atoms with van der Waals surface area (Å²) in [5.41, 5.74) is 1.34. The summed E-state index contributed by atoms with van der Waals surface area (Å²) in [6, 6.07) is 12.6. The normalized spacial score (nSPS) is 10.3. The van der Waals surface area contributed by atoms with Crippen LogP contribution in [0.2, 0.25) is 5.02 Å². The highest BCUT2D eigenvalue weighted by Crippen LogP contribution is 2.22. The predicted molar refractivity (Wildman–Crippen MR) is 81.7 cm³/mol. The first-order valence-corrected chi connectivity index (χ1v) is 7.08. The maximum absolute atomic E-state index is 12.3. The molecule has 0 unspecified atom stereocenters. The van der Waals surface area contributed by atoms with E-state index in [1.165, 1.54) is 0 Å². The van der Waals surface area contributed by atoms with E-state index >= 15 is 0 Å². The van der Waals surface area contributed by atoms with Crippen LogP contribution < -0.4 is 0 Å². The zero-order valence-electron chi connectivity index (χ0n) is 8.58. The maximum atomic E-state index is 12.3. The predicted octanol–water partition coefficient (Wildman–Crippen LogP) is 4.94. The molecule has 0 aliphatic carbocycles. The van der Waals surface area contributed by atoms with Crippen LogP contribution in [0.15, 0.2) is 46.9 Å². The van der Waals surface area contributed by atoms with Crippen LogP contribution in [0, 0.1) is 3.57 Å². The molecule has 2 aromatic carbocycles. The third kappa shape index (κ3) is 3.09. The molecule has 0 heterocycles. The summed E-state index contributed by atoms with van der Waals surface area (Å²) in [7, 11) is 0. The highest BCUT2D eigenvalue weighted by atomic mass is 127. The Labute approximate surface area is 126 Å². The van der Waals surface area contributed by atoms with Gasteiger partial charge in [0.05, 0.1) is 0 Å². The third-order valence-electron chi connectivity index (χ3n) is 2.28. The highest BCUT2D eigenvalue weighted by molar-refractivity contribution is 14.1. The van der Waals surface area contributed by atoms with Gasteiger partial charge in [-0.25, -0.2) is 0 Å². The van der Waals surface area contributed by atoms with E-state index in [1.807, 2.05) is 18.2 Å². The molecule has 2 aromatic rings. The summed E-state index contributed by atoms with van der Waals surface area (Å²) in [6.45, 7) is 0. The van der Waals surface area contributed by atoms with Crippen LogP contribution in [0.25, 0.3) is 0 Å². The Kier molecular flexibility index (Phi) is 4.22. The van der Waals surface area contributed by atoms with E-state index in [4.69, 9.17) is 11.6 Å². The first-order chi connectivity index (χ1) is 8.08. The first-order valence-electron chi connectivity index (χ1n) is 4.83. The Hall–Kier alpha value is -0.390. The molecule has 0 spiro atoms. The zero-order chi connectivity index (χ0) is 12.4. The number of carbonyl (C=O) groups is 1. The van der Waals surface area contributed by atoms with Crippen LogP contribution in [0.3, 0.4) is 0 Å². The second-order valence-electron chi connectivity index (χ2n) is 3.46. The van der Waals surface area contributed by atoms with E-state index in [0.717, 1.165) is 8.04 Å². The van der Waals surface area contributed by atoms with Gasteiger partial charge in [0.15, 0.2) is 5.78 Å². The van der Waals surface area contributed by atoms with Crippen LogP contribution in [0.4, 0.5) is 0 Å². The van der Waals surface area contributed by atoms with E-state index in [1.54, 1.807) is 24.3 Å². The van der Waals surface area contributed by atoms with Crippen molar-refractivity contribution in [2.45, 2.75) is 0 Å². The molecule has 0 amide bonds. The molecule has 17 heavy (non-hydrogen) atoms. The molecule has 4 heteroatoms. The molecule has 0 fully saturated rings. The molecule has 2 rings (SSSR count). The van der Waals surface area contributed by atoms with Gasteiger partial charge in [-0.05, 0) is 65.1 Å². The fourth-order valence-electron chi connectivity index (χ4n) is 1.43. The lowest BCUT2D eigenvalue weighted by molar-refractivity contribution is 0.103. The lowest BCUT2D eigenvalue weighted by Crippen LogP contribution is -2.03. The van der Waals surface area contributed by atoms with Crippen LogP contribution in [-0.4, -0.2) is 5.78 Å². The van der Waals surface area contributed by atoms with Gasteiger partial charge in [-0.1, -0.05) is 27.5 Å². The summed E-state index contributed by atoms with van der Waals surface area (Å²) in [5, 5.41) is 0.630. The Morgan fingerprint density at radius 1 is 1.12 bits per heavy atom. The van der Waals surface area contributed by atoms with E-state index in [0.29, 0.717) is 16.1 Å². The zero-order valence-corrected chi connectivity index (χ0v) is 13.1. The Morgan fingerprint density at radius 2 is 1.76 bits per heavy atom. The van der Waals surface area contributed by atoms with Crippen molar-refractivity contribution in [1.29, 1.82) is 0 Å². The minimum absolute atomic E-state index is 0.00682. The SMILES string of the molecule is O=C(c1ccc(Cl)cc1)c1cc(Br)ccc1I. The fraction of sp³-hybridized carbons (Fsp3) is 0. The van der Waals surface area contributed by atoms with Crippen molar-refractivity contribution in [3.63, 3.8) is 0 Å². The van der Waals surface area contributed by atoms with Gasteiger partial charge in [-0.3, -0.25) is 4.79 Å². The smallest absolute Gasteiger partial charge is 0.194 e. The van der Waals surface area contributed by atoms with E-state index in [-0.39, 0.29) is 5.78 Å². The number of hydrogen-bond acceptors (Lipinski definition) is 1. The van der Waals surface area contributed by atoms with Crippen molar-refractivity contribution >= 4 is 55.9 Å². The molecule has 0 saturated heterocycles. The third-order valence-corrected chi connectivity index (χ3v) is 3.97. The van der Waals surface area contributed by atoms with Crippen LogP contribution in [-0.2, 0) is 0 Å². The van der Waals surface area contributed by atoms with Crippen molar-refractivity contribution in [2.75, 3.05) is 0 Å². The van der Waals surface area contributed by atoms with Crippen molar-refractivity contribution in [3.05, 3.63) is 66.7 Å². The molecular weight excluding hydrogens is 414 g/mol. The molecule has 0 atom stereocenters. The van der Waals surface area contributed by atoms with Gasteiger partial charge in [0.1, 0.15) is 0 Å². The molecule has 0 aromatic heterocycles. The molecule has 1 nitrogen and oxygen atoms in total. The number of rotatable bonds is 2. The van der Waals surface area contributed by atoms with E-state index in [2.05, 4.69) is 38.5 Å². The quantitative estimate of drug-likeness (QED) is 0.496. The van der Waals surface area contributed by atoms with Gasteiger partial charge in [0.2, 0.25) is 0 Å². The first kappa shape index (κ1) is 13.1. The second-order valence-corrected chi connectivity index (χ2v) is 5.97. The van der Waals surface area contributed by atoms with Gasteiger partial charge in [0, 0.05) is 24.2 Å². The Morgan fingerprint density at radius 3 is 2.41 bits per heavy atom. The monoisotopic (exact) mass is 420 g/mol. The summed E-state index contributed by atoms with van der Waals surface area (Å²) >= 11 is 11.3. The van der Waals surface area contributed by atoms with Crippen molar-refractivity contribution in [1.82, 2.24) is 0 Å². The topological polar surface area (TPSA) is 17.1 Å². The molecule has 0 N–H and O–H groups in total. The lowest BCUT2D eigenvalue weighted by Gasteiger charge is -2.04. The molecule has 0 bridgehead atoms. The van der Waals surface area contributed by atoms with Crippen LogP contribution >= 0.6 is 50.1 Å². The maximum Gasteiger partial charge on any atom is 0.194 e. The number of benzene rings is 2. The molecule has 0 aliphatic heterocycles. The van der Waals surface area contributed by atoms with Gasteiger partial charge < -0.3 is 0 Å². The number of carbonyl (C=O) groups excluding carboxylic acids is 1. The Bertz CT molecular complexity index is 566. The number of ketones is 1. The van der Waals surface area contributed by atoms with E-state index < -0.39 is 0 Å². The molecule has 0 saturated carbocycles. The van der Waals surface area contributed by atoms with Gasteiger partial charge in [-0.2, -0.15) is 0 Å². The second kappa shape index (κ2) is 5.50. The molecule has 0 aliphatic rings. The molecule has 86 valence electrons. The van der Waals surface area contributed by atoms with Crippen LogP contribution in [0.5, 0.6) is 0 Å². The molecule has 0 radical (unpaired) electrons. The summed E-state index contributed by atoms with van der Waals surface area (Å²) in [5.74, 6) is 0.00682. The van der Waals surface area contributed by atoms with Crippen molar-refractivity contribution in [3.8, 4) is 0 Å². The number of halogens is 3. The summed E-state index contributed by atoms with van der Waals surface area (Å²) in [4.78, 5) is 12.3. The largest absolute Gasteiger partial charge is 0.289 e. The fourth-order valence-corrected chi connectivity index (χ4v) is 2.50. The van der Waals surface area contributed by atoms with Crippen LogP contribution in [0.1, 0.15) is 15.9 Å². The van der Waals surface area contributed by atoms with Gasteiger partial charge in [-0.15, -0.1) is 0 Å².